The van der Waals surface area contributed by atoms with Crippen LogP contribution in [0.5, 0.6) is 17.2 Å². The van der Waals surface area contributed by atoms with Gasteiger partial charge in [-0.15, -0.1) is 11.3 Å². The number of methoxy groups -OCH3 is 3. The molecule has 0 saturated carbocycles. The Morgan fingerprint density at radius 2 is 1.87 bits per heavy atom. The van der Waals surface area contributed by atoms with E-state index in [-0.39, 0.29) is 13.0 Å². The molecule has 0 spiro atoms. The van der Waals surface area contributed by atoms with E-state index in [0.717, 1.165) is 5.56 Å². The van der Waals surface area contributed by atoms with Crippen LogP contribution in [0.25, 0.3) is 21.6 Å². The van der Waals surface area contributed by atoms with Crippen molar-refractivity contribution in [1.82, 2.24) is 9.97 Å². The number of aliphatic carboxylic acids is 1. The first-order valence-electron chi connectivity index (χ1n) is 8.90. The molecule has 9 nitrogen and oxygen atoms in total. The summed E-state index contributed by atoms with van der Waals surface area (Å²) in [5.41, 5.74) is 1.38. The first kappa shape index (κ1) is 21.1. The number of benzene rings is 1. The molecule has 0 fully saturated rings. The van der Waals surface area contributed by atoms with Crippen molar-refractivity contribution in [3.63, 3.8) is 0 Å². The monoisotopic (exact) mass is 428 g/mol. The molecule has 0 unspecified atom stereocenters. The number of hydrogen-bond donors (Lipinski definition) is 2. The molecule has 10 heteroatoms. The SMILES string of the molecule is COc1cc(-c2nc(NCCC(=O)O)c3c(C)c(C#N)sc3n2)cc(OC)c1OC. The van der Waals surface area contributed by atoms with Gasteiger partial charge in [-0.25, -0.2) is 9.97 Å². The second-order valence-electron chi connectivity index (χ2n) is 6.23. The van der Waals surface area contributed by atoms with Crippen molar-refractivity contribution < 1.29 is 24.1 Å². The fourth-order valence-electron chi connectivity index (χ4n) is 3.00. The molecule has 0 atom stereocenters. The number of rotatable bonds is 8. The number of nitrogens with one attached hydrogen (secondary N) is 1. The molecule has 156 valence electrons. The highest BCUT2D eigenvalue weighted by atomic mass is 32.1. The van der Waals surface area contributed by atoms with E-state index in [0.29, 0.717) is 49.5 Å². The maximum Gasteiger partial charge on any atom is 0.305 e. The standard InChI is InChI=1S/C20H20N4O5S/c1-10-14(9-21)30-20-16(10)19(22-6-5-15(25)26)23-18(24-20)11-7-12(27-2)17(29-4)13(8-11)28-3/h7-8H,5-6H2,1-4H3,(H,25,26)(H,22,23,24). The number of aromatic nitrogens is 2. The molecule has 0 radical (unpaired) electrons. The van der Waals surface area contributed by atoms with Gasteiger partial charge in [-0.05, 0) is 24.6 Å². The predicted molar refractivity (Wildman–Crippen MR) is 113 cm³/mol. The zero-order chi connectivity index (χ0) is 21.8. The van der Waals surface area contributed by atoms with Crippen LogP contribution in [0, 0.1) is 18.3 Å². The lowest BCUT2D eigenvalue weighted by atomic mass is 10.1. The molecule has 0 saturated heterocycles. The van der Waals surface area contributed by atoms with Crippen molar-refractivity contribution in [2.45, 2.75) is 13.3 Å². The first-order valence-corrected chi connectivity index (χ1v) is 9.72. The van der Waals surface area contributed by atoms with Gasteiger partial charge in [0, 0.05) is 12.1 Å². The first-order chi connectivity index (χ1) is 14.4. The van der Waals surface area contributed by atoms with E-state index in [4.69, 9.17) is 19.3 Å². The summed E-state index contributed by atoms with van der Waals surface area (Å²) in [7, 11) is 4.56. The van der Waals surface area contributed by atoms with Gasteiger partial charge in [-0.1, -0.05) is 0 Å². The predicted octanol–water partition coefficient (Wildman–Crippen LogP) is 3.45. The van der Waals surface area contributed by atoms with Crippen LogP contribution in [0.15, 0.2) is 12.1 Å². The van der Waals surface area contributed by atoms with Crippen LogP contribution in [0.3, 0.4) is 0 Å². The number of carboxylic acid groups (broad SMARTS) is 1. The van der Waals surface area contributed by atoms with E-state index in [9.17, 15) is 10.1 Å². The minimum absolute atomic E-state index is 0.0701. The van der Waals surface area contributed by atoms with E-state index in [1.807, 2.05) is 6.92 Å². The third kappa shape index (κ3) is 3.92. The Bertz CT molecular complexity index is 1130. The summed E-state index contributed by atoms with van der Waals surface area (Å²) in [6, 6.07) is 5.63. The van der Waals surface area contributed by atoms with Crippen molar-refractivity contribution in [2.24, 2.45) is 0 Å². The Balaban J connectivity index is 2.19. The molecule has 0 amide bonds. The smallest absolute Gasteiger partial charge is 0.305 e. The average Bonchev–Trinajstić information content (AvgIpc) is 3.07. The Kier molecular flexibility index (Phi) is 6.23. The number of fused-ring (bicyclic) bond motifs is 1. The zero-order valence-electron chi connectivity index (χ0n) is 16.9. The summed E-state index contributed by atoms with van der Waals surface area (Å²) < 4.78 is 16.2. The highest BCUT2D eigenvalue weighted by molar-refractivity contribution is 7.19. The van der Waals surface area contributed by atoms with E-state index < -0.39 is 5.97 Å². The molecular formula is C20H20N4O5S. The summed E-state index contributed by atoms with van der Waals surface area (Å²) in [6.07, 6.45) is -0.0701. The number of ether oxygens (including phenoxy) is 3. The molecule has 1 aromatic carbocycles. The summed E-state index contributed by atoms with van der Waals surface area (Å²) in [5, 5.41) is 22.1. The quantitative estimate of drug-likeness (QED) is 0.554. The van der Waals surface area contributed by atoms with Gasteiger partial charge in [-0.2, -0.15) is 5.26 Å². The van der Waals surface area contributed by atoms with Gasteiger partial charge >= 0.3 is 5.97 Å². The van der Waals surface area contributed by atoms with Gasteiger partial charge < -0.3 is 24.6 Å². The maximum atomic E-state index is 10.9. The topological polar surface area (TPSA) is 127 Å². The zero-order valence-corrected chi connectivity index (χ0v) is 17.7. The van der Waals surface area contributed by atoms with Gasteiger partial charge in [0.05, 0.1) is 33.1 Å². The van der Waals surface area contributed by atoms with Crippen molar-refractivity contribution in [2.75, 3.05) is 33.2 Å². The number of nitriles is 1. The fraction of sp³-hybridized carbons (Fsp3) is 0.300. The molecule has 2 N–H and O–H groups in total. The second-order valence-corrected chi connectivity index (χ2v) is 7.23. The maximum absolute atomic E-state index is 10.9. The summed E-state index contributed by atoms with van der Waals surface area (Å²) >= 11 is 1.26. The fourth-order valence-corrected chi connectivity index (χ4v) is 3.98. The number of carbonyl (C=O) groups is 1. The minimum Gasteiger partial charge on any atom is -0.493 e. The normalized spacial score (nSPS) is 10.5. The van der Waals surface area contributed by atoms with E-state index in [1.165, 1.54) is 32.7 Å². The van der Waals surface area contributed by atoms with Gasteiger partial charge in [0.2, 0.25) is 5.75 Å². The molecule has 2 aromatic heterocycles. The summed E-state index contributed by atoms with van der Waals surface area (Å²) in [5.74, 6) is 1.29. The van der Waals surface area contributed by atoms with Crippen LogP contribution >= 0.6 is 11.3 Å². The van der Waals surface area contributed by atoms with Crippen molar-refractivity contribution in [3.05, 3.63) is 22.6 Å². The number of hydrogen-bond acceptors (Lipinski definition) is 9. The van der Waals surface area contributed by atoms with Gasteiger partial charge in [0.15, 0.2) is 17.3 Å². The van der Waals surface area contributed by atoms with Crippen LogP contribution in [-0.4, -0.2) is 48.9 Å². The number of anilines is 1. The van der Waals surface area contributed by atoms with Crippen LogP contribution in [0.1, 0.15) is 16.9 Å². The van der Waals surface area contributed by atoms with Gasteiger partial charge in [0.1, 0.15) is 21.6 Å². The van der Waals surface area contributed by atoms with Crippen LogP contribution in [0.4, 0.5) is 5.82 Å². The average molecular weight is 428 g/mol. The number of aryl methyl sites for hydroxylation is 1. The highest BCUT2D eigenvalue weighted by Gasteiger charge is 2.20. The lowest BCUT2D eigenvalue weighted by Crippen LogP contribution is -2.09. The molecule has 0 aliphatic rings. The molecule has 30 heavy (non-hydrogen) atoms. The third-order valence-electron chi connectivity index (χ3n) is 4.45. The van der Waals surface area contributed by atoms with Crippen molar-refractivity contribution in [3.8, 4) is 34.7 Å². The Morgan fingerprint density at radius 1 is 1.20 bits per heavy atom. The van der Waals surface area contributed by atoms with Gasteiger partial charge in [0.25, 0.3) is 0 Å². The molecule has 2 heterocycles. The van der Waals surface area contributed by atoms with E-state index in [2.05, 4.69) is 21.4 Å². The minimum atomic E-state index is -0.919. The molecular weight excluding hydrogens is 408 g/mol. The molecule has 0 aliphatic carbocycles. The van der Waals surface area contributed by atoms with Crippen molar-refractivity contribution >= 4 is 33.3 Å². The Labute approximate surface area is 176 Å². The van der Waals surface area contributed by atoms with Gasteiger partial charge in [-0.3, -0.25) is 4.79 Å². The molecule has 3 aromatic rings. The van der Waals surface area contributed by atoms with Crippen LogP contribution in [-0.2, 0) is 4.79 Å². The number of carboxylic acids is 1. The Hall–Kier alpha value is -3.58. The van der Waals surface area contributed by atoms with Crippen LogP contribution in [0.2, 0.25) is 0 Å². The Morgan fingerprint density at radius 3 is 2.40 bits per heavy atom. The lowest BCUT2D eigenvalue weighted by molar-refractivity contribution is -0.136. The molecule has 3 rings (SSSR count). The third-order valence-corrected chi connectivity index (χ3v) is 5.54. The van der Waals surface area contributed by atoms with Crippen molar-refractivity contribution in [1.29, 1.82) is 5.26 Å². The van der Waals surface area contributed by atoms with E-state index >= 15 is 0 Å². The lowest BCUT2D eigenvalue weighted by Gasteiger charge is -2.14. The highest BCUT2D eigenvalue weighted by Crippen LogP contribution is 2.42. The largest absolute Gasteiger partial charge is 0.493 e. The number of thiophene rings is 1. The van der Waals surface area contributed by atoms with E-state index in [1.54, 1.807) is 12.1 Å². The van der Waals surface area contributed by atoms with Crippen LogP contribution < -0.4 is 19.5 Å². The molecule has 0 bridgehead atoms. The summed E-state index contributed by atoms with van der Waals surface area (Å²) in [6.45, 7) is 2.01. The summed E-state index contributed by atoms with van der Waals surface area (Å²) in [4.78, 5) is 21.3. The number of nitrogens with zero attached hydrogens (tertiary/aromatic N) is 3. The second kappa shape index (κ2) is 8.84. The molecule has 0 aliphatic heterocycles.